The Hall–Kier alpha value is -1.91. The van der Waals surface area contributed by atoms with E-state index in [1.165, 1.54) is 36.4 Å². The highest BCUT2D eigenvalue weighted by Gasteiger charge is 2.42. The summed E-state index contributed by atoms with van der Waals surface area (Å²) >= 11 is 0.960. The summed E-state index contributed by atoms with van der Waals surface area (Å²) < 4.78 is 65.2. The maximum absolute atomic E-state index is 13.3. The fraction of sp³-hybridized carbons (Fsp3) is 0.312. The standard InChI is InChI=1S/C16H17F3N2O3S2/c1-11-5-7-12(8-6-11)15(16(17,18)19)20-13(22)10-21(2)26(23,24)14-4-3-9-25-14/h3-9,15H,10H2,1-2H3,(H,20,22)/t15-/m0/s1. The molecule has 0 aliphatic carbocycles. The number of carbonyl (C=O) groups is 1. The lowest BCUT2D eigenvalue weighted by molar-refractivity contribution is -0.163. The van der Waals surface area contributed by atoms with Crippen LogP contribution in [0.3, 0.4) is 0 Å². The second-order valence-corrected chi connectivity index (χ2v) is 8.87. The highest BCUT2D eigenvalue weighted by molar-refractivity contribution is 7.91. The molecule has 5 nitrogen and oxygen atoms in total. The van der Waals surface area contributed by atoms with E-state index in [9.17, 15) is 26.4 Å². The molecule has 1 atom stereocenters. The minimum Gasteiger partial charge on any atom is -0.340 e. The number of hydrogen-bond acceptors (Lipinski definition) is 4. The van der Waals surface area contributed by atoms with Gasteiger partial charge in [-0.05, 0) is 23.9 Å². The van der Waals surface area contributed by atoms with Crippen molar-refractivity contribution in [3.05, 3.63) is 52.9 Å². The van der Waals surface area contributed by atoms with Crippen LogP contribution in [0.4, 0.5) is 13.2 Å². The van der Waals surface area contributed by atoms with E-state index in [0.717, 1.165) is 28.3 Å². The fourth-order valence-corrected chi connectivity index (χ4v) is 4.50. The third-order valence-corrected chi connectivity index (χ3v) is 6.75. The first-order valence-corrected chi connectivity index (χ1v) is 9.76. The maximum atomic E-state index is 13.3. The zero-order valence-electron chi connectivity index (χ0n) is 13.9. The van der Waals surface area contributed by atoms with Crippen LogP contribution in [0.2, 0.25) is 0 Å². The lowest BCUT2D eigenvalue weighted by Gasteiger charge is -2.23. The molecule has 1 aromatic carbocycles. The summed E-state index contributed by atoms with van der Waals surface area (Å²) in [4.78, 5) is 12.1. The molecule has 0 aliphatic heterocycles. The summed E-state index contributed by atoms with van der Waals surface area (Å²) in [7, 11) is -2.78. The molecule has 26 heavy (non-hydrogen) atoms. The minimum atomic E-state index is -4.71. The Labute approximate surface area is 153 Å². The molecule has 1 aromatic heterocycles. The van der Waals surface area contributed by atoms with Gasteiger partial charge in [-0.25, -0.2) is 8.42 Å². The number of nitrogens with zero attached hydrogens (tertiary/aromatic N) is 1. The Morgan fingerprint density at radius 3 is 2.35 bits per heavy atom. The number of alkyl halides is 3. The van der Waals surface area contributed by atoms with Crippen LogP contribution in [0.5, 0.6) is 0 Å². The molecule has 0 spiro atoms. The van der Waals surface area contributed by atoms with Gasteiger partial charge >= 0.3 is 6.18 Å². The topological polar surface area (TPSA) is 66.5 Å². The van der Waals surface area contributed by atoms with Gasteiger partial charge in [-0.15, -0.1) is 11.3 Å². The van der Waals surface area contributed by atoms with Crippen molar-refractivity contribution in [2.24, 2.45) is 0 Å². The van der Waals surface area contributed by atoms with Gasteiger partial charge in [0.25, 0.3) is 10.0 Å². The number of thiophene rings is 1. The van der Waals surface area contributed by atoms with Crippen molar-refractivity contribution in [1.29, 1.82) is 0 Å². The predicted octanol–water partition coefficient (Wildman–Crippen LogP) is 3.10. The fourth-order valence-electron chi connectivity index (χ4n) is 2.17. The van der Waals surface area contributed by atoms with Crippen LogP contribution in [0.15, 0.2) is 46.0 Å². The van der Waals surface area contributed by atoms with Crippen LogP contribution in [0, 0.1) is 6.92 Å². The molecule has 0 saturated carbocycles. The highest BCUT2D eigenvalue weighted by atomic mass is 32.2. The number of benzene rings is 1. The van der Waals surface area contributed by atoms with Crippen molar-refractivity contribution in [3.63, 3.8) is 0 Å². The van der Waals surface area contributed by atoms with E-state index in [-0.39, 0.29) is 9.77 Å². The molecular formula is C16H17F3N2O3S2. The zero-order chi connectivity index (χ0) is 19.5. The predicted molar refractivity (Wildman–Crippen MR) is 92.3 cm³/mol. The van der Waals surface area contributed by atoms with Crippen LogP contribution in [0.1, 0.15) is 17.2 Å². The maximum Gasteiger partial charge on any atom is 0.412 e. The van der Waals surface area contributed by atoms with Crippen LogP contribution in [-0.4, -0.2) is 38.4 Å². The van der Waals surface area contributed by atoms with Crippen molar-refractivity contribution < 1.29 is 26.4 Å². The molecule has 0 bridgehead atoms. The monoisotopic (exact) mass is 406 g/mol. The molecule has 1 N–H and O–H groups in total. The molecule has 0 unspecified atom stereocenters. The Morgan fingerprint density at radius 1 is 1.23 bits per heavy atom. The van der Waals surface area contributed by atoms with Gasteiger partial charge in [0.1, 0.15) is 4.21 Å². The van der Waals surface area contributed by atoms with Crippen molar-refractivity contribution >= 4 is 27.3 Å². The number of hydrogen-bond donors (Lipinski definition) is 1. The van der Waals surface area contributed by atoms with E-state index in [4.69, 9.17) is 0 Å². The lowest BCUT2D eigenvalue weighted by atomic mass is 10.0. The summed E-state index contributed by atoms with van der Waals surface area (Å²) in [5, 5.41) is 3.43. The van der Waals surface area contributed by atoms with Gasteiger partial charge < -0.3 is 5.32 Å². The molecule has 0 aliphatic rings. The number of likely N-dealkylation sites (N-methyl/N-ethyl adjacent to an activating group) is 1. The molecule has 1 amide bonds. The smallest absolute Gasteiger partial charge is 0.340 e. The largest absolute Gasteiger partial charge is 0.412 e. The molecule has 2 aromatic rings. The summed E-state index contributed by atoms with van der Waals surface area (Å²) in [5.74, 6) is -1.05. The Balaban J connectivity index is 2.14. The third-order valence-electron chi connectivity index (χ3n) is 3.57. The average molecular weight is 406 g/mol. The van der Waals surface area contributed by atoms with Gasteiger partial charge in [0.2, 0.25) is 5.91 Å². The number of halogens is 3. The molecular weight excluding hydrogens is 389 g/mol. The quantitative estimate of drug-likeness (QED) is 0.802. The first-order chi connectivity index (χ1) is 12.0. The summed E-state index contributed by atoms with van der Waals surface area (Å²) in [6.45, 7) is 1.01. The van der Waals surface area contributed by atoms with Gasteiger partial charge in [0.15, 0.2) is 6.04 Å². The summed E-state index contributed by atoms with van der Waals surface area (Å²) in [5.41, 5.74) is 0.656. The zero-order valence-corrected chi connectivity index (χ0v) is 15.6. The first-order valence-electron chi connectivity index (χ1n) is 7.44. The van der Waals surface area contributed by atoms with Crippen molar-refractivity contribution in [1.82, 2.24) is 9.62 Å². The molecule has 142 valence electrons. The lowest BCUT2D eigenvalue weighted by Crippen LogP contribution is -2.43. The Bertz CT molecular complexity index is 848. The number of carbonyl (C=O) groups excluding carboxylic acids is 1. The third kappa shape index (κ3) is 4.83. The van der Waals surface area contributed by atoms with Gasteiger partial charge in [0, 0.05) is 7.05 Å². The summed E-state index contributed by atoms with van der Waals surface area (Å²) in [6.07, 6.45) is -4.71. The number of amides is 1. The van der Waals surface area contributed by atoms with Crippen LogP contribution in [-0.2, 0) is 14.8 Å². The van der Waals surface area contributed by atoms with Crippen molar-refractivity contribution in [2.75, 3.05) is 13.6 Å². The van der Waals surface area contributed by atoms with Gasteiger partial charge in [-0.2, -0.15) is 17.5 Å². The molecule has 1 heterocycles. The van der Waals surface area contributed by atoms with E-state index >= 15 is 0 Å². The number of sulfonamides is 1. The van der Waals surface area contributed by atoms with E-state index < -0.39 is 34.7 Å². The molecule has 0 fully saturated rings. The van der Waals surface area contributed by atoms with E-state index in [1.54, 1.807) is 12.3 Å². The second-order valence-electron chi connectivity index (χ2n) is 5.65. The van der Waals surface area contributed by atoms with Crippen LogP contribution in [0.25, 0.3) is 0 Å². The number of nitrogens with one attached hydrogen (secondary N) is 1. The number of aryl methyl sites for hydroxylation is 1. The number of rotatable bonds is 6. The van der Waals surface area contributed by atoms with Crippen LogP contribution >= 0.6 is 11.3 Å². The molecule has 10 heteroatoms. The normalized spacial score (nSPS) is 13.6. The molecule has 0 radical (unpaired) electrons. The Kier molecular flexibility index (Phi) is 6.09. The van der Waals surface area contributed by atoms with Crippen molar-refractivity contribution in [2.45, 2.75) is 23.4 Å². The average Bonchev–Trinajstić information content (AvgIpc) is 3.07. The van der Waals surface area contributed by atoms with Crippen molar-refractivity contribution in [3.8, 4) is 0 Å². The second kappa shape index (κ2) is 7.77. The van der Waals surface area contributed by atoms with Crippen LogP contribution < -0.4 is 5.32 Å². The van der Waals surface area contributed by atoms with E-state index in [2.05, 4.69) is 0 Å². The first kappa shape index (κ1) is 20.4. The van der Waals surface area contributed by atoms with Gasteiger partial charge in [-0.1, -0.05) is 35.9 Å². The molecule has 0 saturated heterocycles. The van der Waals surface area contributed by atoms with E-state index in [1.807, 2.05) is 5.32 Å². The summed E-state index contributed by atoms with van der Waals surface area (Å²) in [6, 6.07) is 6.25. The minimum absolute atomic E-state index is 0.0127. The van der Waals surface area contributed by atoms with Gasteiger partial charge in [0.05, 0.1) is 6.54 Å². The Morgan fingerprint density at radius 2 is 1.85 bits per heavy atom. The van der Waals surface area contributed by atoms with E-state index in [0.29, 0.717) is 0 Å². The SMILES string of the molecule is Cc1ccc([C@H](NC(=O)CN(C)S(=O)(=O)c2cccs2)C(F)(F)F)cc1. The van der Waals surface area contributed by atoms with Gasteiger partial charge in [-0.3, -0.25) is 4.79 Å². The molecule has 2 rings (SSSR count). The highest BCUT2D eigenvalue weighted by Crippen LogP contribution is 2.32.